The van der Waals surface area contributed by atoms with Crippen molar-refractivity contribution in [3.05, 3.63) is 54.6 Å². The Labute approximate surface area is 168 Å². The molecule has 8 heteroatoms. The molecule has 0 spiro atoms. The molecular formula is C21H22N4O4. The highest BCUT2D eigenvalue weighted by molar-refractivity contribution is 5.82. The maximum atomic E-state index is 11.5. The molecule has 150 valence electrons. The molecule has 0 unspecified atom stereocenters. The van der Waals surface area contributed by atoms with Gasteiger partial charge < -0.3 is 14.2 Å². The van der Waals surface area contributed by atoms with Crippen molar-refractivity contribution in [2.24, 2.45) is 0 Å². The summed E-state index contributed by atoms with van der Waals surface area (Å²) in [5, 5.41) is 8.53. The zero-order valence-electron chi connectivity index (χ0n) is 16.4. The van der Waals surface area contributed by atoms with Crippen molar-refractivity contribution in [3.8, 4) is 33.9 Å². The lowest BCUT2D eigenvalue weighted by atomic mass is 10.00. The average Bonchev–Trinajstić information content (AvgIpc) is 2.78. The summed E-state index contributed by atoms with van der Waals surface area (Å²) in [6.07, 6.45) is -0.598. The summed E-state index contributed by atoms with van der Waals surface area (Å²) < 4.78 is 15.3. The van der Waals surface area contributed by atoms with E-state index in [1.165, 1.54) is 0 Å². The number of carbonyl (C=O) groups excluding carboxylic acids is 1. The number of aromatic nitrogens is 2. The van der Waals surface area contributed by atoms with Crippen LogP contribution in [0.3, 0.4) is 0 Å². The van der Waals surface area contributed by atoms with Crippen LogP contribution in [-0.4, -0.2) is 37.1 Å². The fourth-order valence-electron chi connectivity index (χ4n) is 2.69. The van der Waals surface area contributed by atoms with Gasteiger partial charge in [-0.1, -0.05) is 12.1 Å². The second kappa shape index (κ2) is 9.41. The standard InChI is InChI=1S/C21H22N4O4/c1-4-29-21(26)25-23-19-13-18(14-5-9-16(27-2)10-6-14)20(24-22-19)15-7-11-17(28-3)12-8-15/h5-13H,4H2,1-3H3,(H,22,23)(H,25,26). The van der Waals surface area contributed by atoms with Crippen molar-refractivity contribution in [3.63, 3.8) is 0 Å². The molecule has 2 N–H and O–H groups in total. The Kier molecular flexibility index (Phi) is 6.47. The van der Waals surface area contributed by atoms with E-state index < -0.39 is 6.09 Å². The second-order valence-electron chi connectivity index (χ2n) is 5.92. The molecule has 0 fully saturated rings. The van der Waals surface area contributed by atoms with Crippen LogP contribution < -0.4 is 20.3 Å². The number of nitrogens with zero attached hydrogens (tertiary/aromatic N) is 2. The normalized spacial score (nSPS) is 10.2. The fraction of sp³-hybridized carbons (Fsp3) is 0.190. The molecule has 0 aliphatic carbocycles. The monoisotopic (exact) mass is 394 g/mol. The number of rotatable bonds is 7. The average molecular weight is 394 g/mol. The van der Waals surface area contributed by atoms with E-state index in [1.807, 2.05) is 48.5 Å². The minimum atomic E-state index is -0.598. The molecule has 8 nitrogen and oxygen atoms in total. The van der Waals surface area contributed by atoms with E-state index in [4.69, 9.17) is 14.2 Å². The quantitative estimate of drug-likeness (QED) is 0.587. The van der Waals surface area contributed by atoms with Crippen molar-refractivity contribution in [2.45, 2.75) is 6.92 Å². The van der Waals surface area contributed by atoms with Gasteiger partial charge in [-0.15, -0.1) is 10.2 Å². The van der Waals surface area contributed by atoms with E-state index in [-0.39, 0.29) is 6.61 Å². The number of benzene rings is 2. The lowest BCUT2D eigenvalue weighted by Crippen LogP contribution is -2.30. The Balaban J connectivity index is 1.98. The van der Waals surface area contributed by atoms with Gasteiger partial charge in [0, 0.05) is 11.1 Å². The number of carbonyl (C=O) groups is 1. The largest absolute Gasteiger partial charge is 0.497 e. The van der Waals surface area contributed by atoms with Crippen molar-refractivity contribution < 1.29 is 19.0 Å². The molecular weight excluding hydrogens is 372 g/mol. The van der Waals surface area contributed by atoms with E-state index in [9.17, 15) is 4.79 Å². The molecule has 3 aromatic rings. The minimum Gasteiger partial charge on any atom is -0.497 e. The van der Waals surface area contributed by atoms with Gasteiger partial charge in [-0.05, 0) is 55.0 Å². The third kappa shape index (κ3) is 4.92. The van der Waals surface area contributed by atoms with Crippen molar-refractivity contribution in [1.82, 2.24) is 15.6 Å². The van der Waals surface area contributed by atoms with Gasteiger partial charge in [0.2, 0.25) is 0 Å². The Morgan fingerprint density at radius 1 is 0.897 bits per heavy atom. The summed E-state index contributed by atoms with van der Waals surface area (Å²) in [7, 11) is 3.24. The Morgan fingerprint density at radius 2 is 1.48 bits per heavy atom. The molecule has 1 heterocycles. The highest BCUT2D eigenvalue weighted by Gasteiger charge is 2.13. The Bertz CT molecular complexity index is 959. The summed E-state index contributed by atoms with van der Waals surface area (Å²) in [4.78, 5) is 11.5. The minimum absolute atomic E-state index is 0.271. The smallest absolute Gasteiger partial charge is 0.425 e. The first-order valence-electron chi connectivity index (χ1n) is 9.00. The van der Waals surface area contributed by atoms with Gasteiger partial charge in [-0.25, -0.2) is 10.2 Å². The highest BCUT2D eigenvalue weighted by Crippen LogP contribution is 2.33. The lowest BCUT2D eigenvalue weighted by Gasteiger charge is -2.13. The molecule has 0 aliphatic rings. The Morgan fingerprint density at radius 3 is 2.03 bits per heavy atom. The number of hydrogen-bond donors (Lipinski definition) is 2. The van der Waals surface area contributed by atoms with Crippen molar-refractivity contribution >= 4 is 11.9 Å². The summed E-state index contributed by atoms with van der Waals surface area (Å²) in [5.74, 6) is 1.88. The van der Waals surface area contributed by atoms with Gasteiger partial charge in [0.1, 0.15) is 17.2 Å². The highest BCUT2D eigenvalue weighted by atomic mass is 16.5. The maximum absolute atomic E-state index is 11.5. The van der Waals surface area contributed by atoms with Crippen molar-refractivity contribution in [1.29, 1.82) is 0 Å². The summed E-state index contributed by atoms with van der Waals surface area (Å²) in [5.41, 5.74) is 8.47. The third-order valence-electron chi connectivity index (χ3n) is 4.13. The maximum Gasteiger partial charge on any atom is 0.425 e. The van der Waals surface area contributed by atoms with Crippen LogP contribution in [0.15, 0.2) is 54.6 Å². The molecule has 1 aromatic heterocycles. The molecule has 0 atom stereocenters. The van der Waals surface area contributed by atoms with Crippen LogP contribution in [0.2, 0.25) is 0 Å². The molecule has 0 aliphatic heterocycles. The molecule has 1 amide bonds. The first-order valence-corrected chi connectivity index (χ1v) is 9.00. The summed E-state index contributed by atoms with van der Waals surface area (Å²) >= 11 is 0. The van der Waals surface area contributed by atoms with Gasteiger partial charge in [-0.3, -0.25) is 5.43 Å². The molecule has 0 saturated heterocycles. The van der Waals surface area contributed by atoms with Gasteiger partial charge >= 0.3 is 6.09 Å². The van der Waals surface area contributed by atoms with E-state index in [0.29, 0.717) is 11.5 Å². The summed E-state index contributed by atoms with van der Waals surface area (Å²) in [6.45, 7) is 2.00. The first-order chi connectivity index (χ1) is 14.1. The SMILES string of the molecule is CCOC(=O)NNc1cc(-c2ccc(OC)cc2)c(-c2ccc(OC)cc2)nn1. The molecule has 0 saturated carbocycles. The molecule has 3 rings (SSSR count). The van der Waals surface area contributed by atoms with Gasteiger partial charge in [0.15, 0.2) is 5.82 Å². The topological polar surface area (TPSA) is 94.6 Å². The van der Waals surface area contributed by atoms with E-state index in [2.05, 4.69) is 21.0 Å². The van der Waals surface area contributed by atoms with Crippen LogP contribution >= 0.6 is 0 Å². The summed E-state index contributed by atoms with van der Waals surface area (Å²) in [6, 6.07) is 17.0. The predicted octanol–water partition coefficient (Wildman–Crippen LogP) is 3.90. The molecule has 2 aromatic carbocycles. The predicted molar refractivity (Wildman–Crippen MR) is 110 cm³/mol. The number of hydrazine groups is 1. The number of ether oxygens (including phenoxy) is 3. The van der Waals surface area contributed by atoms with Crippen LogP contribution in [-0.2, 0) is 4.74 Å². The fourth-order valence-corrected chi connectivity index (χ4v) is 2.69. The molecule has 29 heavy (non-hydrogen) atoms. The van der Waals surface area contributed by atoms with E-state index in [0.717, 1.165) is 28.2 Å². The number of nitrogens with one attached hydrogen (secondary N) is 2. The van der Waals surface area contributed by atoms with Crippen LogP contribution in [0.4, 0.5) is 10.6 Å². The van der Waals surface area contributed by atoms with Crippen LogP contribution in [0.5, 0.6) is 11.5 Å². The van der Waals surface area contributed by atoms with Crippen LogP contribution in [0.1, 0.15) is 6.92 Å². The Hall–Kier alpha value is -3.81. The molecule has 0 bridgehead atoms. The van der Waals surface area contributed by atoms with E-state index in [1.54, 1.807) is 27.2 Å². The van der Waals surface area contributed by atoms with Gasteiger partial charge in [0.05, 0.1) is 20.8 Å². The third-order valence-corrected chi connectivity index (χ3v) is 4.13. The van der Waals surface area contributed by atoms with Crippen LogP contribution in [0.25, 0.3) is 22.4 Å². The zero-order chi connectivity index (χ0) is 20.6. The molecule has 0 radical (unpaired) electrons. The number of amides is 1. The second-order valence-corrected chi connectivity index (χ2v) is 5.92. The first kappa shape index (κ1) is 19.9. The zero-order valence-corrected chi connectivity index (χ0v) is 16.4. The number of anilines is 1. The number of hydrogen-bond acceptors (Lipinski definition) is 7. The van der Waals surface area contributed by atoms with Crippen LogP contribution in [0, 0.1) is 0 Å². The van der Waals surface area contributed by atoms with Gasteiger partial charge in [0.25, 0.3) is 0 Å². The van der Waals surface area contributed by atoms with Gasteiger partial charge in [-0.2, -0.15) is 0 Å². The van der Waals surface area contributed by atoms with Crippen molar-refractivity contribution in [2.75, 3.05) is 26.3 Å². The van der Waals surface area contributed by atoms with E-state index >= 15 is 0 Å². The lowest BCUT2D eigenvalue weighted by molar-refractivity contribution is 0.154. The number of methoxy groups -OCH3 is 2.